The van der Waals surface area contributed by atoms with Crippen LogP contribution in [-0.2, 0) is 14.3 Å². The molecular formula is C18H23F2NO6. The first-order chi connectivity index (χ1) is 12.6. The van der Waals surface area contributed by atoms with Crippen LogP contribution in [0.3, 0.4) is 0 Å². The third-order valence-electron chi connectivity index (χ3n) is 2.99. The van der Waals surface area contributed by atoms with Gasteiger partial charge >= 0.3 is 18.7 Å². The first-order valence-electron chi connectivity index (χ1n) is 8.27. The molecule has 0 aliphatic carbocycles. The van der Waals surface area contributed by atoms with Crippen molar-refractivity contribution in [1.29, 1.82) is 0 Å². The van der Waals surface area contributed by atoms with Gasteiger partial charge in [-0.1, -0.05) is 0 Å². The summed E-state index contributed by atoms with van der Waals surface area (Å²) in [6.07, 6.45) is -0.235. The molecule has 1 rings (SSSR count). The smallest absolute Gasteiger partial charge is 0.407 e. The lowest BCUT2D eigenvalue weighted by Crippen LogP contribution is -2.33. The SMILES string of the molecule is CC(C)(C)OC(=O)NCCCC(=O)OCC(=O)c1ccc(OC(F)F)cc1. The molecule has 0 radical (unpaired) electrons. The Hall–Kier alpha value is -2.71. The quantitative estimate of drug-likeness (QED) is 0.397. The van der Waals surface area contributed by atoms with Crippen molar-refractivity contribution in [2.45, 2.75) is 45.8 Å². The molecule has 0 bridgehead atoms. The van der Waals surface area contributed by atoms with Gasteiger partial charge in [0.05, 0.1) is 0 Å². The van der Waals surface area contributed by atoms with Gasteiger partial charge in [-0.25, -0.2) is 4.79 Å². The Labute approximate surface area is 156 Å². The molecule has 0 unspecified atom stereocenters. The number of Topliss-reactive ketones (excluding diaryl/α,β-unsaturated/α-hetero) is 1. The van der Waals surface area contributed by atoms with Crippen LogP contribution in [0.15, 0.2) is 24.3 Å². The summed E-state index contributed by atoms with van der Waals surface area (Å²) in [4.78, 5) is 34.9. The third-order valence-corrected chi connectivity index (χ3v) is 2.99. The summed E-state index contributed by atoms with van der Waals surface area (Å²) >= 11 is 0. The molecule has 0 fully saturated rings. The number of nitrogens with one attached hydrogen (secondary N) is 1. The van der Waals surface area contributed by atoms with Crippen molar-refractivity contribution in [2.24, 2.45) is 0 Å². The zero-order valence-electron chi connectivity index (χ0n) is 15.4. The topological polar surface area (TPSA) is 90.9 Å². The molecule has 27 heavy (non-hydrogen) atoms. The Morgan fingerprint density at radius 2 is 1.74 bits per heavy atom. The Morgan fingerprint density at radius 1 is 1.11 bits per heavy atom. The van der Waals surface area contributed by atoms with Gasteiger partial charge < -0.3 is 19.5 Å². The van der Waals surface area contributed by atoms with Gasteiger partial charge in [-0.3, -0.25) is 9.59 Å². The highest BCUT2D eigenvalue weighted by Gasteiger charge is 2.16. The molecule has 0 aromatic heterocycles. The van der Waals surface area contributed by atoms with Crippen LogP contribution in [0.2, 0.25) is 0 Å². The summed E-state index contributed by atoms with van der Waals surface area (Å²) in [5.74, 6) is -1.14. The monoisotopic (exact) mass is 387 g/mol. The fourth-order valence-corrected chi connectivity index (χ4v) is 1.86. The standard InChI is InChI=1S/C18H23F2NO6/c1-18(2,3)27-17(24)21-10-4-5-15(23)25-11-14(22)12-6-8-13(9-7-12)26-16(19)20/h6-9,16H,4-5,10-11H2,1-3H3,(H,21,24). The van der Waals surface area contributed by atoms with Gasteiger partial charge in [0.1, 0.15) is 11.4 Å². The lowest BCUT2D eigenvalue weighted by Gasteiger charge is -2.19. The molecule has 150 valence electrons. The molecule has 0 heterocycles. The first-order valence-corrected chi connectivity index (χ1v) is 8.27. The molecule has 0 spiro atoms. The molecule has 9 heteroatoms. The number of ketones is 1. The van der Waals surface area contributed by atoms with Gasteiger partial charge in [0, 0.05) is 18.5 Å². The van der Waals surface area contributed by atoms with Crippen molar-refractivity contribution >= 4 is 17.8 Å². The van der Waals surface area contributed by atoms with Crippen LogP contribution in [0, 0.1) is 0 Å². The Kier molecular flexibility index (Phi) is 8.64. The van der Waals surface area contributed by atoms with Gasteiger partial charge in [-0.15, -0.1) is 0 Å². The predicted molar refractivity (Wildman–Crippen MR) is 91.8 cm³/mol. The maximum Gasteiger partial charge on any atom is 0.407 e. The molecular weight excluding hydrogens is 364 g/mol. The highest BCUT2D eigenvalue weighted by Crippen LogP contribution is 2.15. The number of carbonyl (C=O) groups excluding carboxylic acids is 3. The number of ether oxygens (including phenoxy) is 3. The van der Waals surface area contributed by atoms with Crippen LogP contribution in [-0.4, -0.2) is 43.2 Å². The minimum atomic E-state index is -2.95. The Morgan fingerprint density at radius 3 is 2.30 bits per heavy atom. The third kappa shape index (κ3) is 10.1. The summed E-state index contributed by atoms with van der Waals surface area (Å²) in [7, 11) is 0. The number of rotatable bonds is 9. The van der Waals surface area contributed by atoms with E-state index in [9.17, 15) is 23.2 Å². The molecule has 0 saturated heterocycles. The van der Waals surface area contributed by atoms with Gasteiger partial charge in [0.2, 0.25) is 0 Å². The van der Waals surface area contributed by atoms with Crippen LogP contribution < -0.4 is 10.1 Å². The summed E-state index contributed by atoms with van der Waals surface area (Å²) in [6.45, 7) is 2.02. The maximum absolute atomic E-state index is 12.1. The molecule has 7 nitrogen and oxygen atoms in total. The molecule has 0 aliphatic heterocycles. The van der Waals surface area contributed by atoms with Crippen molar-refractivity contribution in [3.8, 4) is 5.75 Å². The normalized spacial score (nSPS) is 11.0. The molecule has 1 aromatic carbocycles. The van der Waals surface area contributed by atoms with Gasteiger partial charge in [-0.05, 0) is 51.5 Å². The van der Waals surface area contributed by atoms with E-state index in [1.54, 1.807) is 20.8 Å². The molecule has 1 N–H and O–H groups in total. The number of benzene rings is 1. The van der Waals surface area contributed by atoms with E-state index in [2.05, 4.69) is 10.1 Å². The van der Waals surface area contributed by atoms with Gasteiger partial charge in [0.15, 0.2) is 12.4 Å². The molecule has 0 atom stereocenters. The molecule has 1 amide bonds. The second-order valence-corrected chi connectivity index (χ2v) is 6.52. The number of esters is 1. The van der Waals surface area contributed by atoms with E-state index in [-0.39, 0.29) is 24.3 Å². The summed E-state index contributed by atoms with van der Waals surface area (Å²) < 4.78 is 38.2. The van der Waals surface area contributed by atoms with Crippen molar-refractivity contribution in [3.05, 3.63) is 29.8 Å². The van der Waals surface area contributed by atoms with Crippen LogP contribution in [0.25, 0.3) is 0 Å². The fourth-order valence-electron chi connectivity index (χ4n) is 1.86. The molecule has 1 aromatic rings. The van der Waals surface area contributed by atoms with E-state index in [4.69, 9.17) is 9.47 Å². The van der Waals surface area contributed by atoms with Crippen molar-refractivity contribution in [1.82, 2.24) is 5.32 Å². The number of hydrogen-bond acceptors (Lipinski definition) is 6. The lowest BCUT2D eigenvalue weighted by atomic mass is 10.1. The van der Waals surface area contributed by atoms with Crippen molar-refractivity contribution < 1.29 is 37.4 Å². The second kappa shape index (κ2) is 10.4. The zero-order valence-corrected chi connectivity index (χ0v) is 15.4. The van der Waals surface area contributed by atoms with Crippen molar-refractivity contribution in [3.63, 3.8) is 0 Å². The highest BCUT2D eigenvalue weighted by molar-refractivity contribution is 5.98. The largest absolute Gasteiger partial charge is 0.457 e. The highest BCUT2D eigenvalue weighted by atomic mass is 19.3. The Bertz CT molecular complexity index is 640. The van der Waals surface area contributed by atoms with E-state index in [0.717, 1.165) is 0 Å². The average molecular weight is 387 g/mol. The summed E-state index contributed by atoms with van der Waals surface area (Å²) in [5, 5.41) is 2.50. The number of halogens is 2. The second-order valence-electron chi connectivity index (χ2n) is 6.52. The van der Waals surface area contributed by atoms with E-state index in [1.807, 2.05) is 0 Å². The zero-order chi connectivity index (χ0) is 20.4. The number of alkyl halides is 2. The van der Waals surface area contributed by atoms with E-state index in [1.165, 1.54) is 24.3 Å². The van der Waals surface area contributed by atoms with E-state index < -0.39 is 36.7 Å². The Balaban J connectivity index is 2.25. The van der Waals surface area contributed by atoms with E-state index >= 15 is 0 Å². The summed E-state index contributed by atoms with van der Waals surface area (Å²) in [5.41, 5.74) is -0.399. The lowest BCUT2D eigenvalue weighted by molar-refractivity contribution is -0.142. The molecule has 0 aliphatic rings. The number of alkyl carbamates (subject to hydrolysis) is 1. The minimum Gasteiger partial charge on any atom is -0.457 e. The van der Waals surface area contributed by atoms with Gasteiger partial charge in [0.25, 0.3) is 0 Å². The van der Waals surface area contributed by atoms with Crippen LogP contribution in [0.4, 0.5) is 13.6 Å². The minimum absolute atomic E-state index is 0.0181. The fraction of sp³-hybridized carbons (Fsp3) is 0.500. The molecule has 0 saturated carbocycles. The number of hydrogen-bond donors (Lipinski definition) is 1. The van der Waals surface area contributed by atoms with Crippen LogP contribution in [0.5, 0.6) is 5.75 Å². The van der Waals surface area contributed by atoms with Crippen LogP contribution >= 0.6 is 0 Å². The summed E-state index contributed by atoms with van der Waals surface area (Å²) in [6, 6.07) is 5.06. The average Bonchev–Trinajstić information content (AvgIpc) is 2.55. The van der Waals surface area contributed by atoms with Gasteiger partial charge in [-0.2, -0.15) is 8.78 Å². The predicted octanol–water partition coefficient (Wildman–Crippen LogP) is 3.32. The van der Waals surface area contributed by atoms with Crippen molar-refractivity contribution in [2.75, 3.05) is 13.2 Å². The first kappa shape index (κ1) is 22.3. The van der Waals surface area contributed by atoms with E-state index in [0.29, 0.717) is 6.42 Å². The number of amides is 1. The van der Waals surface area contributed by atoms with Crippen LogP contribution in [0.1, 0.15) is 44.0 Å². The maximum atomic E-state index is 12.1. The number of carbonyl (C=O) groups is 3.